The van der Waals surface area contributed by atoms with Gasteiger partial charge < -0.3 is 18.9 Å². The zero-order valence-corrected chi connectivity index (χ0v) is 23.8. The molecule has 1 atom stereocenters. The van der Waals surface area contributed by atoms with Gasteiger partial charge in [0.2, 0.25) is 34.8 Å². The van der Waals surface area contributed by atoms with Crippen molar-refractivity contribution >= 4 is 16.2 Å². The standard InChI is InChI=1S/C29H23F8NO6S/c30-22-23(31)25(33)27(26(34)24(22)32)44-45(41,42)17-5-6-18-15(12-17)2-1-3-20(18)43-21-7-4-16(29(35,36)37)13-19(21)14-8-10-38(11-9-14)28(39)40/h4-7,12-14,20H,1-3,8-11H2,(H,39,40). The topological polar surface area (TPSA) is 93.1 Å². The molecule has 5 rings (SSSR count). The molecule has 0 saturated carbocycles. The summed E-state index contributed by atoms with van der Waals surface area (Å²) in [6, 6.07) is 6.42. The van der Waals surface area contributed by atoms with Crippen LogP contribution in [0.2, 0.25) is 0 Å². The lowest BCUT2D eigenvalue weighted by Crippen LogP contribution is -2.37. The van der Waals surface area contributed by atoms with Crippen LogP contribution in [0.4, 0.5) is 39.9 Å². The summed E-state index contributed by atoms with van der Waals surface area (Å²) in [5, 5.41) is 9.24. The first kappa shape index (κ1) is 32.3. The van der Waals surface area contributed by atoms with Crippen molar-refractivity contribution in [1.82, 2.24) is 4.90 Å². The normalized spacial score (nSPS) is 17.6. The molecule has 3 aromatic rings. The highest BCUT2D eigenvalue weighted by molar-refractivity contribution is 7.87. The molecule has 1 N–H and O–H groups in total. The van der Waals surface area contributed by atoms with E-state index >= 15 is 0 Å². The number of fused-ring (bicyclic) bond motifs is 1. The number of halogens is 8. The Hall–Kier alpha value is -4.08. The Labute approximate surface area is 251 Å². The number of carbonyl (C=O) groups is 1. The van der Waals surface area contributed by atoms with Crippen molar-refractivity contribution in [3.63, 3.8) is 0 Å². The molecular formula is C29H23F8NO6S. The highest BCUT2D eigenvalue weighted by atomic mass is 32.2. The molecule has 1 aliphatic carbocycles. The highest BCUT2D eigenvalue weighted by Gasteiger charge is 2.35. The molecule has 1 amide bonds. The number of nitrogens with zero attached hydrogens (tertiary/aromatic N) is 1. The third-order valence-electron chi connectivity index (χ3n) is 7.84. The Balaban J connectivity index is 1.43. The number of ether oxygens (including phenoxy) is 1. The summed E-state index contributed by atoms with van der Waals surface area (Å²) in [6.07, 6.45) is -4.89. The number of rotatable bonds is 6. The molecule has 0 radical (unpaired) electrons. The molecule has 2 aliphatic rings. The predicted octanol–water partition coefficient (Wildman–Crippen LogP) is 7.48. The van der Waals surface area contributed by atoms with Crippen molar-refractivity contribution in [1.29, 1.82) is 0 Å². The molecule has 0 aromatic heterocycles. The maximum atomic E-state index is 14.1. The number of benzene rings is 3. The van der Waals surface area contributed by atoms with Gasteiger partial charge in [0.1, 0.15) is 16.7 Å². The molecule has 3 aromatic carbocycles. The van der Waals surface area contributed by atoms with Crippen molar-refractivity contribution in [2.24, 2.45) is 0 Å². The molecule has 0 bridgehead atoms. The Morgan fingerprint density at radius 3 is 2.07 bits per heavy atom. The van der Waals surface area contributed by atoms with Crippen molar-refractivity contribution < 1.29 is 62.4 Å². The van der Waals surface area contributed by atoms with Crippen molar-refractivity contribution in [3.05, 3.63) is 87.7 Å². The van der Waals surface area contributed by atoms with E-state index in [1.54, 1.807) is 0 Å². The summed E-state index contributed by atoms with van der Waals surface area (Å²) >= 11 is 0. The minimum absolute atomic E-state index is 0.117. The summed E-state index contributed by atoms with van der Waals surface area (Å²) < 4.78 is 146. The molecule has 16 heteroatoms. The third kappa shape index (κ3) is 6.37. The number of hydrogen-bond donors (Lipinski definition) is 1. The molecule has 45 heavy (non-hydrogen) atoms. The third-order valence-corrected chi connectivity index (χ3v) is 9.05. The average molecular weight is 666 g/mol. The summed E-state index contributed by atoms with van der Waals surface area (Å²) in [6.45, 7) is 0.235. The molecule has 1 heterocycles. The first-order valence-electron chi connectivity index (χ1n) is 13.5. The van der Waals surface area contributed by atoms with E-state index in [0.717, 1.165) is 24.3 Å². The molecule has 1 unspecified atom stereocenters. The predicted molar refractivity (Wildman–Crippen MR) is 140 cm³/mol. The van der Waals surface area contributed by atoms with E-state index in [-0.39, 0.29) is 37.2 Å². The van der Waals surface area contributed by atoms with E-state index in [1.807, 2.05) is 0 Å². The number of carboxylic acid groups (broad SMARTS) is 1. The number of amides is 1. The van der Waals surface area contributed by atoms with Crippen LogP contribution in [0.15, 0.2) is 41.3 Å². The molecular weight excluding hydrogens is 642 g/mol. The lowest BCUT2D eigenvalue weighted by molar-refractivity contribution is -0.137. The van der Waals surface area contributed by atoms with Gasteiger partial charge in [0.25, 0.3) is 0 Å². The Bertz CT molecular complexity index is 1730. The fraction of sp³-hybridized carbons (Fsp3) is 0.345. The summed E-state index contributed by atoms with van der Waals surface area (Å²) in [5.74, 6) is -14.5. The van der Waals surface area contributed by atoms with Crippen LogP contribution in [-0.4, -0.2) is 37.6 Å². The van der Waals surface area contributed by atoms with Crippen molar-refractivity contribution in [3.8, 4) is 11.5 Å². The van der Waals surface area contributed by atoms with Gasteiger partial charge in [0.15, 0.2) is 0 Å². The first-order chi connectivity index (χ1) is 21.1. The number of hydrogen-bond acceptors (Lipinski definition) is 5. The largest absolute Gasteiger partial charge is 0.485 e. The zero-order valence-electron chi connectivity index (χ0n) is 22.9. The van der Waals surface area contributed by atoms with Gasteiger partial charge in [0, 0.05) is 13.1 Å². The minimum Gasteiger partial charge on any atom is -0.485 e. The first-order valence-corrected chi connectivity index (χ1v) is 14.9. The van der Waals surface area contributed by atoms with Crippen LogP contribution < -0.4 is 8.92 Å². The summed E-state index contributed by atoms with van der Waals surface area (Å²) in [5.41, 5.74) is 0.190. The van der Waals surface area contributed by atoms with Crippen LogP contribution in [0.25, 0.3) is 0 Å². The maximum absolute atomic E-state index is 14.1. The number of alkyl halides is 3. The van der Waals surface area contributed by atoms with Crippen molar-refractivity contribution in [2.45, 2.75) is 55.2 Å². The van der Waals surface area contributed by atoms with Gasteiger partial charge in [-0.25, -0.2) is 18.0 Å². The van der Waals surface area contributed by atoms with Crippen LogP contribution in [-0.2, 0) is 22.7 Å². The Morgan fingerprint density at radius 2 is 1.47 bits per heavy atom. The van der Waals surface area contributed by atoms with Crippen LogP contribution in [0, 0.1) is 29.1 Å². The second-order valence-electron chi connectivity index (χ2n) is 10.6. The average Bonchev–Trinajstić information content (AvgIpc) is 3.00. The van der Waals surface area contributed by atoms with E-state index in [0.29, 0.717) is 30.4 Å². The van der Waals surface area contributed by atoms with Gasteiger partial charge in [-0.05, 0) is 85.0 Å². The lowest BCUT2D eigenvalue weighted by atomic mass is 9.87. The van der Waals surface area contributed by atoms with Gasteiger partial charge in [-0.1, -0.05) is 6.07 Å². The van der Waals surface area contributed by atoms with Gasteiger partial charge in [-0.2, -0.15) is 30.4 Å². The van der Waals surface area contributed by atoms with E-state index in [9.17, 15) is 53.4 Å². The summed E-state index contributed by atoms with van der Waals surface area (Å²) in [7, 11) is -5.09. The Kier molecular flexibility index (Phi) is 8.63. The molecule has 7 nitrogen and oxygen atoms in total. The number of aryl methyl sites for hydroxylation is 1. The maximum Gasteiger partial charge on any atom is 0.416 e. The SMILES string of the molecule is O=C(O)N1CCC(c2cc(C(F)(F)F)ccc2OC2CCCc3cc(S(=O)(=O)Oc4c(F)c(F)c(F)c(F)c4F)ccc32)CC1. The minimum atomic E-state index is -5.09. The van der Waals surface area contributed by atoms with Crippen LogP contribution in [0.1, 0.15) is 60.0 Å². The number of likely N-dealkylation sites (tertiary alicyclic amines) is 1. The molecule has 1 aliphatic heterocycles. The number of piperidine rings is 1. The molecule has 1 fully saturated rings. The molecule has 1 saturated heterocycles. The van der Waals surface area contributed by atoms with Crippen LogP contribution >= 0.6 is 0 Å². The molecule has 0 spiro atoms. The highest BCUT2D eigenvalue weighted by Crippen LogP contribution is 2.43. The molecule has 242 valence electrons. The van der Waals surface area contributed by atoms with Crippen LogP contribution in [0.3, 0.4) is 0 Å². The van der Waals surface area contributed by atoms with Gasteiger partial charge in [-0.15, -0.1) is 0 Å². The fourth-order valence-corrected chi connectivity index (χ4v) is 6.51. The van der Waals surface area contributed by atoms with E-state index in [2.05, 4.69) is 4.18 Å². The monoisotopic (exact) mass is 665 g/mol. The van der Waals surface area contributed by atoms with Gasteiger partial charge >= 0.3 is 22.4 Å². The quantitative estimate of drug-likeness (QED) is 0.127. The van der Waals surface area contributed by atoms with Gasteiger partial charge in [-0.3, -0.25) is 0 Å². The zero-order chi connectivity index (χ0) is 32.8. The van der Waals surface area contributed by atoms with Crippen LogP contribution in [0.5, 0.6) is 11.5 Å². The second-order valence-corrected chi connectivity index (χ2v) is 12.1. The van der Waals surface area contributed by atoms with E-state index in [1.165, 1.54) is 17.0 Å². The summed E-state index contributed by atoms with van der Waals surface area (Å²) in [4.78, 5) is 11.8. The lowest BCUT2D eigenvalue weighted by Gasteiger charge is -2.33. The van der Waals surface area contributed by atoms with Crippen molar-refractivity contribution in [2.75, 3.05) is 13.1 Å². The second kappa shape index (κ2) is 12.0. The Morgan fingerprint density at radius 1 is 0.844 bits per heavy atom. The van der Waals surface area contributed by atoms with E-state index in [4.69, 9.17) is 4.74 Å². The fourth-order valence-electron chi connectivity index (χ4n) is 5.53. The van der Waals surface area contributed by atoms with Gasteiger partial charge in [0.05, 0.1) is 5.56 Å². The van der Waals surface area contributed by atoms with E-state index < -0.39 is 79.7 Å². The smallest absolute Gasteiger partial charge is 0.416 e.